The van der Waals surface area contributed by atoms with E-state index in [0.29, 0.717) is 39.8 Å². The van der Waals surface area contributed by atoms with E-state index < -0.39 is 35.2 Å². The summed E-state index contributed by atoms with van der Waals surface area (Å²) in [5, 5.41) is 27.1. The molecule has 4 aromatic carbocycles. The molecule has 6 rings (SSSR count). The molecule has 0 bridgehead atoms. The molecule has 0 aliphatic rings. The number of tetrazole rings is 2. The number of aromatic nitrogens is 8. The zero-order valence-electron chi connectivity index (χ0n) is 31.9. The summed E-state index contributed by atoms with van der Waals surface area (Å²) in [6.45, 7) is 7.48. The van der Waals surface area contributed by atoms with Crippen LogP contribution in [0.3, 0.4) is 0 Å². The van der Waals surface area contributed by atoms with Crippen LogP contribution in [0.25, 0.3) is 33.6 Å². The first-order chi connectivity index (χ1) is 27.1. The van der Waals surface area contributed by atoms with Crippen LogP contribution in [-0.2, 0) is 6.42 Å². The minimum absolute atomic E-state index is 0.0373. The zero-order valence-corrected chi connectivity index (χ0v) is 32.7. The molecule has 0 unspecified atom stereocenters. The van der Waals surface area contributed by atoms with E-state index >= 15 is 0 Å². The summed E-state index contributed by atoms with van der Waals surface area (Å²) in [4.78, 5) is 25.3. The van der Waals surface area contributed by atoms with Gasteiger partial charge in [0.1, 0.15) is 17.4 Å². The number of carbonyl (C=O) groups excluding carboxylic acids is 2. The summed E-state index contributed by atoms with van der Waals surface area (Å²) in [7, 11) is 0. The minimum atomic E-state index is -4.60. The SMILES string of the molecule is CC(C)(NC(=O)c1cc(-c2ccc(Cl)cc2)cc(-n2cnnn2)c1)C(F)(F)F.CCc1nnnn1-c1cc(C(=O)NC(C)(C)C(F)(F)F)cc(-c2ccc(C)cc2)c1. The fraction of sp³-hybridized carbons (Fsp3) is 0.282. The number of amides is 2. The third-order valence-corrected chi connectivity index (χ3v) is 9.15. The molecular formula is C39H37ClF6N10O2. The Bertz CT molecular complexity index is 2380. The van der Waals surface area contributed by atoms with Crippen molar-refractivity contribution in [2.45, 2.75) is 71.4 Å². The van der Waals surface area contributed by atoms with E-state index in [4.69, 9.17) is 11.6 Å². The van der Waals surface area contributed by atoms with Crippen LogP contribution in [0.4, 0.5) is 26.3 Å². The maximum atomic E-state index is 13.2. The lowest BCUT2D eigenvalue weighted by molar-refractivity contribution is -0.183. The van der Waals surface area contributed by atoms with Gasteiger partial charge in [-0.2, -0.15) is 31.0 Å². The lowest BCUT2D eigenvalue weighted by Gasteiger charge is -2.29. The van der Waals surface area contributed by atoms with Gasteiger partial charge in [0.2, 0.25) is 0 Å². The molecule has 0 aliphatic heterocycles. The van der Waals surface area contributed by atoms with Gasteiger partial charge in [0.05, 0.1) is 11.4 Å². The molecule has 0 spiro atoms. The van der Waals surface area contributed by atoms with Gasteiger partial charge in [-0.1, -0.05) is 60.5 Å². The first kappa shape index (κ1) is 43.0. The molecule has 2 heterocycles. The Morgan fingerprint density at radius 2 is 1.14 bits per heavy atom. The largest absolute Gasteiger partial charge is 0.410 e. The Balaban J connectivity index is 0.000000221. The lowest BCUT2D eigenvalue weighted by atomic mass is 9.99. The van der Waals surface area contributed by atoms with Crippen LogP contribution in [-0.4, -0.2) is 75.7 Å². The van der Waals surface area contributed by atoms with Crippen LogP contribution in [0, 0.1) is 6.92 Å². The second-order valence-electron chi connectivity index (χ2n) is 14.2. The molecule has 2 N–H and O–H groups in total. The molecule has 0 saturated carbocycles. The highest BCUT2D eigenvalue weighted by Gasteiger charge is 2.49. The molecule has 304 valence electrons. The predicted molar refractivity (Wildman–Crippen MR) is 204 cm³/mol. The number of nitrogens with one attached hydrogen (secondary N) is 2. The van der Waals surface area contributed by atoms with E-state index in [9.17, 15) is 35.9 Å². The number of hydrogen-bond donors (Lipinski definition) is 2. The van der Waals surface area contributed by atoms with Crippen molar-refractivity contribution in [3.8, 4) is 33.6 Å². The van der Waals surface area contributed by atoms with E-state index in [0.717, 1.165) is 44.4 Å². The second kappa shape index (κ2) is 16.7. The van der Waals surface area contributed by atoms with Gasteiger partial charge in [0.25, 0.3) is 11.8 Å². The quantitative estimate of drug-likeness (QED) is 0.139. The van der Waals surface area contributed by atoms with Gasteiger partial charge in [-0.15, -0.1) is 10.2 Å². The van der Waals surface area contributed by atoms with Crippen molar-refractivity contribution in [3.05, 3.63) is 119 Å². The normalized spacial score (nSPS) is 12.1. The first-order valence-electron chi connectivity index (χ1n) is 17.5. The third kappa shape index (κ3) is 10.0. The Morgan fingerprint density at radius 1 is 0.655 bits per heavy atom. The van der Waals surface area contributed by atoms with Crippen molar-refractivity contribution in [1.82, 2.24) is 51.0 Å². The number of aryl methyl sites for hydroxylation is 2. The second-order valence-corrected chi connectivity index (χ2v) is 14.6. The maximum absolute atomic E-state index is 13.2. The zero-order chi connectivity index (χ0) is 42.6. The molecule has 0 aliphatic carbocycles. The summed E-state index contributed by atoms with van der Waals surface area (Å²) < 4.78 is 81.9. The Morgan fingerprint density at radius 3 is 1.60 bits per heavy atom. The molecule has 0 saturated heterocycles. The Hall–Kier alpha value is -6.17. The number of hydrogen-bond acceptors (Lipinski definition) is 8. The number of nitrogens with zero attached hydrogens (tertiary/aromatic N) is 8. The lowest BCUT2D eigenvalue weighted by Crippen LogP contribution is -2.54. The van der Waals surface area contributed by atoms with Gasteiger partial charge in [0.15, 0.2) is 5.82 Å². The highest BCUT2D eigenvalue weighted by atomic mass is 35.5. The standard InChI is InChI=1S/C21H22F3N5O.C18H15ClF3N5O/c1-5-18-26-27-28-29(18)17-11-15(14-8-6-13(2)7-9-14)10-16(12-17)19(30)25-20(3,4)21(22,23)24;1-17(2,18(20,21)22)24-16(28)13-7-12(11-3-5-14(19)6-4-11)8-15(9-13)27-10-23-25-26-27/h6-12H,5H2,1-4H3,(H,25,30);3-10H,1-2H3,(H,24,28). The number of halogens is 7. The third-order valence-electron chi connectivity index (χ3n) is 8.90. The van der Waals surface area contributed by atoms with E-state index in [2.05, 4.69) is 36.4 Å². The van der Waals surface area contributed by atoms with Crippen molar-refractivity contribution >= 4 is 23.4 Å². The summed E-state index contributed by atoms with van der Waals surface area (Å²) in [6.07, 6.45) is -7.33. The van der Waals surface area contributed by atoms with Gasteiger partial charge >= 0.3 is 12.4 Å². The van der Waals surface area contributed by atoms with Crippen molar-refractivity contribution < 1.29 is 35.9 Å². The van der Waals surface area contributed by atoms with E-state index in [-0.39, 0.29) is 11.1 Å². The van der Waals surface area contributed by atoms with Crippen LogP contribution in [0.1, 0.15) is 66.7 Å². The van der Waals surface area contributed by atoms with Crippen LogP contribution < -0.4 is 10.6 Å². The topological polar surface area (TPSA) is 145 Å². The van der Waals surface area contributed by atoms with E-state index in [1.165, 1.54) is 33.9 Å². The molecule has 0 radical (unpaired) electrons. The maximum Gasteiger partial charge on any atom is 0.410 e. The molecule has 0 fully saturated rings. The van der Waals surface area contributed by atoms with Crippen LogP contribution in [0.15, 0.2) is 91.3 Å². The minimum Gasteiger partial charge on any atom is -0.338 e. The van der Waals surface area contributed by atoms with Gasteiger partial charge in [0, 0.05) is 22.6 Å². The molecule has 19 heteroatoms. The van der Waals surface area contributed by atoms with Crippen LogP contribution in [0.2, 0.25) is 5.02 Å². The fourth-order valence-corrected chi connectivity index (χ4v) is 5.35. The average molecular weight is 827 g/mol. The fourth-order valence-electron chi connectivity index (χ4n) is 5.22. The predicted octanol–water partition coefficient (Wildman–Crippen LogP) is 8.32. The van der Waals surface area contributed by atoms with E-state index in [1.807, 2.05) is 43.4 Å². The van der Waals surface area contributed by atoms with Gasteiger partial charge < -0.3 is 10.6 Å². The number of benzene rings is 4. The molecule has 12 nitrogen and oxygen atoms in total. The Kier molecular flexibility index (Phi) is 12.4. The Labute approximate surface area is 333 Å². The highest BCUT2D eigenvalue weighted by Crippen LogP contribution is 2.32. The van der Waals surface area contributed by atoms with Gasteiger partial charge in [-0.3, -0.25) is 9.59 Å². The first-order valence-corrected chi connectivity index (χ1v) is 17.9. The van der Waals surface area contributed by atoms with Crippen molar-refractivity contribution in [1.29, 1.82) is 0 Å². The van der Waals surface area contributed by atoms with Gasteiger partial charge in [-0.05, 0) is 126 Å². The van der Waals surface area contributed by atoms with Crippen LogP contribution >= 0.6 is 11.6 Å². The van der Waals surface area contributed by atoms with Crippen molar-refractivity contribution in [2.75, 3.05) is 0 Å². The summed E-state index contributed by atoms with van der Waals surface area (Å²) in [6, 6.07) is 23.9. The highest BCUT2D eigenvalue weighted by molar-refractivity contribution is 6.30. The number of rotatable bonds is 9. The molecule has 2 amide bonds. The van der Waals surface area contributed by atoms with Gasteiger partial charge in [-0.25, -0.2) is 4.68 Å². The molecular weight excluding hydrogens is 790 g/mol. The average Bonchev–Trinajstić information content (AvgIpc) is 3.88. The van der Waals surface area contributed by atoms with E-state index in [1.54, 1.807) is 42.5 Å². The molecule has 6 aromatic rings. The molecule has 0 atom stereocenters. The smallest absolute Gasteiger partial charge is 0.338 e. The summed E-state index contributed by atoms with van der Waals surface area (Å²) in [5.41, 5.74) is 0.128. The summed E-state index contributed by atoms with van der Waals surface area (Å²) >= 11 is 5.91. The van der Waals surface area contributed by atoms with Crippen molar-refractivity contribution in [2.24, 2.45) is 0 Å². The monoisotopic (exact) mass is 826 g/mol. The summed E-state index contributed by atoms with van der Waals surface area (Å²) in [5.74, 6) is -1.14. The van der Waals surface area contributed by atoms with Crippen molar-refractivity contribution in [3.63, 3.8) is 0 Å². The number of alkyl halides is 6. The molecule has 2 aromatic heterocycles. The molecule has 58 heavy (non-hydrogen) atoms. The van der Waals surface area contributed by atoms with Crippen LogP contribution in [0.5, 0.6) is 0 Å². The number of carbonyl (C=O) groups is 2.